The standard InChI is InChI=1S/C30H34N6O4S/c1-3-28(37)35-13-5-6-21(35)17-36-24-9-8-20(16-34-12-4-7-22(34)18-39-2)14-23(24)32-30(36)33-29(38)27-11-10-26(41-27)25-15-31-19-40-25/h3,8-11,14-15,19,21-22H,1,4-7,12-13,16-18H2,2H3,(H,32,33,38)/t21-,22+/m1/s1. The molecule has 5 heterocycles. The van der Waals surface area contributed by atoms with E-state index in [1.807, 2.05) is 15.5 Å². The molecule has 0 bridgehead atoms. The highest BCUT2D eigenvalue weighted by Crippen LogP contribution is 2.30. The highest BCUT2D eigenvalue weighted by Gasteiger charge is 2.30. The minimum absolute atomic E-state index is 0.00702. The number of thiophene rings is 1. The number of carbonyl (C=O) groups excluding carboxylic acids is 2. The lowest BCUT2D eigenvalue weighted by Crippen LogP contribution is -2.37. The number of likely N-dealkylation sites (tertiary alicyclic amines) is 2. The predicted octanol–water partition coefficient (Wildman–Crippen LogP) is 4.79. The molecule has 214 valence electrons. The zero-order valence-electron chi connectivity index (χ0n) is 23.1. The van der Waals surface area contributed by atoms with E-state index in [4.69, 9.17) is 14.1 Å². The highest BCUT2D eigenvalue weighted by molar-refractivity contribution is 7.17. The normalized spacial score (nSPS) is 19.3. The molecule has 2 saturated heterocycles. The summed E-state index contributed by atoms with van der Waals surface area (Å²) in [6.07, 6.45) is 8.49. The van der Waals surface area contributed by atoms with Gasteiger partial charge in [0.25, 0.3) is 5.91 Å². The van der Waals surface area contributed by atoms with Gasteiger partial charge in [-0.05, 0) is 68.1 Å². The van der Waals surface area contributed by atoms with E-state index in [1.165, 1.54) is 35.8 Å². The van der Waals surface area contributed by atoms with Crippen molar-refractivity contribution in [3.8, 4) is 10.6 Å². The number of amides is 2. The number of imidazole rings is 1. The van der Waals surface area contributed by atoms with E-state index in [0.717, 1.165) is 54.9 Å². The molecule has 2 aliphatic heterocycles. The number of oxazole rings is 1. The maximum atomic E-state index is 13.4. The molecule has 2 fully saturated rings. The Morgan fingerprint density at radius 3 is 2.85 bits per heavy atom. The molecule has 11 heteroatoms. The third kappa shape index (κ3) is 5.70. The van der Waals surface area contributed by atoms with Crippen LogP contribution >= 0.6 is 11.3 Å². The fraction of sp³-hybridized carbons (Fsp3) is 0.400. The second-order valence-electron chi connectivity index (χ2n) is 10.6. The van der Waals surface area contributed by atoms with Crippen LogP contribution in [0.3, 0.4) is 0 Å². The minimum atomic E-state index is -0.248. The summed E-state index contributed by atoms with van der Waals surface area (Å²) in [5.74, 6) is 0.767. The quantitative estimate of drug-likeness (QED) is 0.272. The summed E-state index contributed by atoms with van der Waals surface area (Å²) in [7, 11) is 1.75. The van der Waals surface area contributed by atoms with E-state index in [1.54, 1.807) is 19.4 Å². The lowest BCUT2D eigenvalue weighted by Gasteiger charge is -2.25. The first-order chi connectivity index (χ1) is 20.0. The smallest absolute Gasteiger partial charge is 0.268 e. The summed E-state index contributed by atoms with van der Waals surface area (Å²) >= 11 is 1.33. The van der Waals surface area contributed by atoms with Crippen LogP contribution in [0.25, 0.3) is 21.7 Å². The maximum Gasteiger partial charge on any atom is 0.268 e. The van der Waals surface area contributed by atoms with Gasteiger partial charge in [0.15, 0.2) is 12.2 Å². The number of rotatable bonds is 10. The monoisotopic (exact) mass is 574 g/mol. The van der Waals surface area contributed by atoms with Gasteiger partial charge in [-0.3, -0.25) is 19.8 Å². The second kappa shape index (κ2) is 12.0. The first-order valence-corrected chi connectivity index (χ1v) is 14.8. The maximum absolute atomic E-state index is 13.4. The van der Waals surface area contributed by atoms with Gasteiger partial charge in [0.2, 0.25) is 11.9 Å². The molecule has 6 rings (SSSR count). The Bertz CT molecular complexity index is 1540. The molecule has 0 spiro atoms. The average Bonchev–Trinajstić information content (AvgIpc) is 3.81. The number of aromatic nitrogens is 3. The third-order valence-corrected chi connectivity index (χ3v) is 9.11. The molecule has 10 nitrogen and oxygen atoms in total. The Morgan fingerprint density at radius 2 is 2.05 bits per heavy atom. The molecule has 1 N–H and O–H groups in total. The van der Waals surface area contributed by atoms with Crippen LogP contribution in [-0.2, 0) is 22.6 Å². The largest absolute Gasteiger partial charge is 0.443 e. The molecule has 1 aromatic carbocycles. The van der Waals surface area contributed by atoms with E-state index >= 15 is 0 Å². The Morgan fingerprint density at radius 1 is 1.20 bits per heavy atom. The van der Waals surface area contributed by atoms with Gasteiger partial charge in [-0.15, -0.1) is 11.3 Å². The van der Waals surface area contributed by atoms with Crippen molar-refractivity contribution in [2.24, 2.45) is 0 Å². The average molecular weight is 575 g/mol. The summed E-state index contributed by atoms with van der Waals surface area (Å²) < 4.78 is 12.9. The fourth-order valence-electron chi connectivity index (χ4n) is 6.01. The third-order valence-electron chi connectivity index (χ3n) is 8.01. The molecule has 0 radical (unpaired) electrons. The lowest BCUT2D eigenvalue weighted by atomic mass is 10.1. The van der Waals surface area contributed by atoms with Crippen molar-refractivity contribution in [3.63, 3.8) is 0 Å². The van der Waals surface area contributed by atoms with E-state index in [9.17, 15) is 9.59 Å². The summed E-state index contributed by atoms with van der Waals surface area (Å²) in [5.41, 5.74) is 2.90. The number of nitrogens with zero attached hydrogens (tertiary/aromatic N) is 5. The topological polar surface area (TPSA) is 106 Å². The number of methoxy groups -OCH3 is 1. The Balaban J connectivity index is 1.30. The summed E-state index contributed by atoms with van der Waals surface area (Å²) in [6.45, 7) is 7.51. The van der Waals surface area contributed by atoms with Crippen molar-refractivity contribution >= 4 is 40.1 Å². The van der Waals surface area contributed by atoms with Gasteiger partial charge >= 0.3 is 0 Å². The first-order valence-electron chi connectivity index (χ1n) is 14.0. The SMILES string of the molecule is C=CC(=O)N1CCC[C@@H]1Cn1c(NC(=O)c2ccc(-c3cnco3)s2)nc2cc(CN3CCC[C@H]3COC)ccc21. The molecular weight excluding hydrogens is 540 g/mol. The zero-order valence-corrected chi connectivity index (χ0v) is 23.9. The molecule has 41 heavy (non-hydrogen) atoms. The number of nitrogens with one attached hydrogen (secondary N) is 1. The minimum Gasteiger partial charge on any atom is -0.443 e. The van der Waals surface area contributed by atoms with E-state index in [-0.39, 0.29) is 17.9 Å². The van der Waals surface area contributed by atoms with Gasteiger partial charge in [0, 0.05) is 32.8 Å². The van der Waals surface area contributed by atoms with Crippen LogP contribution in [-0.4, -0.2) is 75.0 Å². The van der Waals surface area contributed by atoms with Crippen LogP contribution in [0.5, 0.6) is 0 Å². The van der Waals surface area contributed by atoms with Crippen molar-refractivity contribution in [3.05, 3.63) is 66.0 Å². The number of anilines is 1. The number of hydrogen-bond donors (Lipinski definition) is 1. The number of hydrogen-bond acceptors (Lipinski definition) is 8. The van der Waals surface area contributed by atoms with Gasteiger partial charge < -0.3 is 18.6 Å². The van der Waals surface area contributed by atoms with Gasteiger partial charge in [-0.1, -0.05) is 12.6 Å². The van der Waals surface area contributed by atoms with Crippen molar-refractivity contribution in [2.45, 2.75) is 50.9 Å². The van der Waals surface area contributed by atoms with Crippen LogP contribution < -0.4 is 5.32 Å². The van der Waals surface area contributed by atoms with Crippen LogP contribution in [0.4, 0.5) is 5.95 Å². The lowest BCUT2D eigenvalue weighted by molar-refractivity contribution is -0.126. The summed E-state index contributed by atoms with van der Waals surface area (Å²) in [4.78, 5) is 40.5. The number of ether oxygens (including phenoxy) is 1. The van der Waals surface area contributed by atoms with Crippen molar-refractivity contribution in [1.82, 2.24) is 24.3 Å². The number of benzene rings is 1. The Hall–Kier alpha value is -3.80. The van der Waals surface area contributed by atoms with Crippen molar-refractivity contribution in [1.29, 1.82) is 0 Å². The number of fused-ring (bicyclic) bond motifs is 1. The van der Waals surface area contributed by atoms with Crippen LogP contribution in [0.2, 0.25) is 0 Å². The van der Waals surface area contributed by atoms with Gasteiger partial charge in [0.1, 0.15) is 0 Å². The van der Waals surface area contributed by atoms with E-state index in [2.05, 4.69) is 40.0 Å². The molecular formula is C30H34N6O4S. The Labute approximate surface area is 242 Å². The summed E-state index contributed by atoms with van der Waals surface area (Å²) in [6, 6.07) is 10.4. The van der Waals surface area contributed by atoms with Crippen LogP contribution in [0.15, 0.2) is 60.0 Å². The van der Waals surface area contributed by atoms with Crippen molar-refractivity contribution in [2.75, 3.05) is 32.1 Å². The molecule has 3 aromatic heterocycles. The molecule has 0 saturated carbocycles. The van der Waals surface area contributed by atoms with Gasteiger partial charge in [0.05, 0.1) is 39.6 Å². The van der Waals surface area contributed by atoms with E-state index < -0.39 is 0 Å². The highest BCUT2D eigenvalue weighted by atomic mass is 32.1. The predicted molar refractivity (Wildman–Crippen MR) is 158 cm³/mol. The molecule has 4 aromatic rings. The van der Waals surface area contributed by atoms with Crippen molar-refractivity contribution < 1.29 is 18.7 Å². The van der Waals surface area contributed by atoms with Gasteiger partial charge in [-0.2, -0.15) is 0 Å². The zero-order chi connectivity index (χ0) is 28.3. The van der Waals surface area contributed by atoms with Gasteiger partial charge in [-0.25, -0.2) is 9.97 Å². The van der Waals surface area contributed by atoms with Crippen LogP contribution in [0, 0.1) is 0 Å². The Kier molecular flexibility index (Phi) is 8.00. The van der Waals surface area contributed by atoms with E-state index in [0.29, 0.717) is 35.7 Å². The fourth-order valence-corrected chi connectivity index (χ4v) is 6.86. The molecule has 2 atom stereocenters. The molecule has 2 aliphatic rings. The second-order valence-corrected chi connectivity index (χ2v) is 11.7. The summed E-state index contributed by atoms with van der Waals surface area (Å²) in [5, 5.41) is 3.05. The molecule has 0 aliphatic carbocycles. The van der Waals surface area contributed by atoms with Crippen LogP contribution in [0.1, 0.15) is 40.9 Å². The first kappa shape index (κ1) is 27.4. The molecule has 2 amide bonds. The molecule has 0 unspecified atom stereocenters. The number of carbonyl (C=O) groups is 2.